The summed E-state index contributed by atoms with van der Waals surface area (Å²) in [5.74, 6) is 0.922. The normalized spacial score (nSPS) is 20.1. The number of aryl methyl sites for hydroxylation is 1. The first-order chi connectivity index (χ1) is 11.7. The van der Waals surface area contributed by atoms with Gasteiger partial charge in [0.15, 0.2) is 5.96 Å². The molecular formula is C19H32IN5. The fraction of sp³-hybridized carbons (Fsp3) is 0.684. The number of hydrogen-bond acceptors (Lipinski definition) is 2. The second-order valence-electron chi connectivity index (χ2n) is 7.26. The molecule has 1 atom stereocenters. The maximum absolute atomic E-state index is 4.76. The third-order valence-electron chi connectivity index (χ3n) is 5.06. The van der Waals surface area contributed by atoms with Gasteiger partial charge in [-0.1, -0.05) is 11.6 Å². The van der Waals surface area contributed by atoms with Crippen LogP contribution < -0.4 is 10.6 Å². The summed E-state index contributed by atoms with van der Waals surface area (Å²) in [5, 5.41) is 11.8. The van der Waals surface area contributed by atoms with E-state index in [1.165, 1.54) is 30.5 Å². The highest BCUT2D eigenvalue weighted by Crippen LogP contribution is 2.22. The largest absolute Gasteiger partial charge is 0.356 e. The first-order valence-electron chi connectivity index (χ1n) is 9.37. The van der Waals surface area contributed by atoms with Crippen LogP contribution in [0.2, 0.25) is 0 Å². The molecule has 1 unspecified atom stereocenters. The minimum atomic E-state index is 0. The SMILES string of the molecule is CN=C(NCCC1=CCCC1)NC1CCc2cn(C(C)C)nc2C1.I. The molecule has 0 aliphatic heterocycles. The standard InChI is InChI=1S/C19H31N5.HI/c1-14(2)24-13-16-8-9-17(12-18(16)23-24)22-19(20-3)21-11-10-15-6-4-5-7-15;/h6,13-14,17H,4-5,7-12H2,1-3H3,(H2,20,21,22);1H. The first-order valence-corrected chi connectivity index (χ1v) is 9.37. The van der Waals surface area contributed by atoms with E-state index in [2.05, 4.69) is 46.4 Å². The molecule has 1 heterocycles. The van der Waals surface area contributed by atoms with E-state index >= 15 is 0 Å². The Bertz CT molecular complexity index is 617. The summed E-state index contributed by atoms with van der Waals surface area (Å²) in [6, 6.07) is 0.853. The minimum absolute atomic E-state index is 0. The molecule has 0 radical (unpaired) electrons. The fourth-order valence-electron chi connectivity index (χ4n) is 3.59. The van der Waals surface area contributed by atoms with Crippen LogP contribution in [0.1, 0.15) is 63.3 Å². The maximum Gasteiger partial charge on any atom is 0.191 e. The fourth-order valence-corrected chi connectivity index (χ4v) is 3.59. The molecule has 0 saturated heterocycles. The van der Waals surface area contributed by atoms with E-state index < -0.39 is 0 Å². The zero-order chi connectivity index (χ0) is 16.9. The number of nitrogens with one attached hydrogen (secondary N) is 2. The highest BCUT2D eigenvalue weighted by atomic mass is 127. The van der Waals surface area contributed by atoms with Gasteiger partial charge in [-0.2, -0.15) is 5.10 Å². The van der Waals surface area contributed by atoms with Crippen LogP contribution in [0.25, 0.3) is 0 Å². The molecule has 0 amide bonds. The summed E-state index contributed by atoms with van der Waals surface area (Å²) in [7, 11) is 1.85. The molecule has 0 aromatic carbocycles. The van der Waals surface area contributed by atoms with Gasteiger partial charge in [-0.15, -0.1) is 24.0 Å². The monoisotopic (exact) mass is 457 g/mol. The minimum Gasteiger partial charge on any atom is -0.356 e. The Kier molecular flexibility index (Phi) is 7.78. The molecule has 0 spiro atoms. The topological polar surface area (TPSA) is 54.2 Å². The Labute approximate surface area is 168 Å². The van der Waals surface area contributed by atoms with E-state index in [1.807, 2.05) is 7.05 Å². The van der Waals surface area contributed by atoms with Crippen LogP contribution in [0.5, 0.6) is 0 Å². The molecule has 2 N–H and O–H groups in total. The molecule has 25 heavy (non-hydrogen) atoms. The summed E-state index contributed by atoms with van der Waals surface area (Å²) < 4.78 is 2.09. The molecule has 1 aromatic heterocycles. The number of fused-ring (bicyclic) bond motifs is 1. The Morgan fingerprint density at radius 1 is 1.40 bits per heavy atom. The Hall–Kier alpha value is -1.05. The summed E-state index contributed by atoms with van der Waals surface area (Å²) >= 11 is 0. The maximum atomic E-state index is 4.76. The molecular weight excluding hydrogens is 425 g/mol. The smallest absolute Gasteiger partial charge is 0.191 e. The average molecular weight is 457 g/mol. The van der Waals surface area contributed by atoms with Crippen molar-refractivity contribution in [3.05, 3.63) is 29.1 Å². The van der Waals surface area contributed by atoms with E-state index in [0.717, 1.165) is 38.2 Å². The highest BCUT2D eigenvalue weighted by molar-refractivity contribution is 14.0. The predicted octanol–water partition coefficient (Wildman–Crippen LogP) is 3.60. The van der Waals surface area contributed by atoms with Crippen molar-refractivity contribution in [1.29, 1.82) is 0 Å². The number of guanidine groups is 1. The van der Waals surface area contributed by atoms with E-state index in [4.69, 9.17) is 5.10 Å². The van der Waals surface area contributed by atoms with Crippen molar-refractivity contribution in [2.45, 2.75) is 70.9 Å². The lowest BCUT2D eigenvalue weighted by atomic mass is 9.94. The molecule has 6 heteroatoms. The molecule has 3 rings (SSSR count). The third kappa shape index (κ3) is 5.46. The van der Waals surface area contributed by atoms with Gasteiger partial charge in [0.2, 0.25) is 0 Å². The summed E-state index contributed by atoms with van der Waals surface area (Å²) in [5.41, 5.74) is 4.26. The Balaban J connectivity index is 0.00000225. The lowest BCUT2D eigenvalue weighted by Crippen LogP contribution is -2.45. The number of aromatic nitrogens is 2. The number of allylic oxidation sites excluding steroid dienone is 1. The number of nitrogens with zero attached hydrogens (tertiary/aromatic N) is 3. The molecule has 0 bridgehead atoms. The Morgan fingerprint density at radius 3 is 2.92 bits per heavy atom. The van der Waals surface area contributed by atoms with Crippen molar-refractivity contribution >= 4 is 29.9 Å². The summed E-state index contributed by atoms with van der Waals surface area (Å²) in [6.45, 7) is 5.32. The molecule has 2 aliphatic rings. The van der Waals surface area contributed by atoms with Gasteiger partial charge in [0, 0.05) is 38.3 Å². The molecule has 0 saturated carbocycles. The van der Waals surface area contributed by atoms with E-state index in [1.54, 1.807) is 5.57 Å². The van der Waals surface area contributed by atoms with Gasteiger partial charge in [0.25, 0.3) is 0 Å². The first kappa shape index (κ1) is 20.3. The van der Waals surface area contributed by atoms with Crippen molar-refractivity contribution < 1.29 is 0 Å². The van der Waals surface area contributed by atoms with Crippen molar-refractivity contribution in [2.75, 3.05) is 13.6 Å². The quantitative estimate of drug-likeness (QED) is 0.308. The highest BCUT2D eigenvalue weighted by Gasteiger charge is 2.22. The van der Waals surface area contributed by atoms with Crippen molar-refractivity contribution in [3.63, 3.8) is 0 Å². The molecule has 5 nitrogen and oxygen atoms in total. The van der Waals surface area contributed by atoms with Crippen LogP contribution >= 0.6 is 24.0 Å². The predicted molar refractivity (Wildman–Crippen MR) is 115 cm³/mol. The molecule has 0 fully saturated rings. The van der Waals surface area contributed by atoms with Gasteiger partial charge < -0.3 is 10.6 Å². The van der Waals surface area contributed by atoms with E-state index in [0.29, 0.717) is 12.1 Å². The molecule has 1 aromatic rings. The second kappa shape index (κ2) is 9.59. The average Bonchev–Trinajstić information content (AvgIpc) is 3.22. The molecule has 140 valence electrons. The van der Waals surface area contributed by atoms with Crippen molar-refractivity contribution in [2.24, 2.45) is 4.99 Å². The number of aliphatic imine (C=N–C) groups is 1. The second-order valence-corrected chi connectivity index (χ2v) is 7.26. The van der Waals surface area contributed by atoms with E-state index in [9.17, 15) is 0 Å². The lowest BCUT2D eigenvalue weighted by molar-refractivity contribution is 0.499. The number of rotatable bonds is 5. The van der Waals surface area contributed by atoms with Gasteiger partial charge in [-0.3, -0.25) is 9.67 Å². The van der Waals surface area contributed by atoms with Crippen LogP contribution in [0.3, 0.4) is 0 Å². The number of hydrogen-bond donors (Lipinski definition) is 2. The van der Waals surface area contributed by atoms with Crippen LogP contribution in [0, 0.1) is 0 Å². The van der Waals surface area contributed by atoms with Crippen molar-refractivity contribution in [3.8, 4) is 0 Å². The summed E-state index contributed by atoms with van der Waals surface area (Å²) in [4.78, 5) is 4.39. The molecule has 2 aliphatic carbocycles. The summed E-state index contributed by atoms with van der Waals surface area (Å²) in [6.07, 6.45) is 12.8. The van der Waals surface area contributed by atoms with Crippen LogP contribution in [-0.4, -0.2) is 35.4 Å². The van der Waals surface area contributed by atoms with Crippen LogP contribution in [0.4, 0.5) is 0 Å². The van der Waals surface area contributed by atoms with Gasteiger partial charge in [-0.25, -0.2) is 0 Å². The lowest BCUT2D eigenvalue weighted by Gasteiger charge is -2.24. The zero-order valence-electron chi connectivity index (χ0n) is 15.7. The van der Waals surface area contributed by atoms with Gasteiger partial charge in [0.05, 0.1) is 5.69 Å². The van der Waals surface area contributed by atoms with Crippen LogP contribution in [0.15, 0.2) is 22.8 Å². The Morgan fingerprint density at radius 2 is 2.24 bits per heavy atom. The van der Waals surface area contributed by atoms with Crippen LogP contribution in [-0.2, 0) is 12.8 Å². The van der Waals surface area contributed by atoms with Gasteiger partial charge >= 0.3 is 0 Å². The zero-order valence-corrected chi connectivity index (χ0v) is 18.0. The number of halogens is 1. The van der Waals surface area contributed by atoms with Gasteiger partial charge in [0.1, 0.15) is 0 Å². The third-order valence-corrected chi connectivity index (χ3v) is 5.06. The van der Waals surface area contributed by atoms with Crippen molar-refractivity contribution in [1.82, 2.24) is 20.4 Å². The van der Waals surface area contributed by atoms with Gasteiger partial charge in [-0.05, 0) is 57.9 Å². The van der Waals surface area contributed by atoms with E-state index in [-0.39, 0.29) is 24.0 Å².